The molecule has 2 heterocycles. The van der Waals surface area contributed by atoms with E-state index in [1.54, 1.807) is 16.8 Å². The van der Waals surface area contributed by atoms with Crippen molar-refractivity contribution in [3.63, 3.8) is 0 Å². The molecule has 0 radical (unpaired) electrons. The summed E-state index contributed by atoms with van der Waals surface area (Å²) >= 11 is 0. The van der Waals surface area contributed by atoms with Crippen LogP contribution in [-0.4, -0.2) is 9.72 Å². The summed E-state index contributed by atoms with van der Waals surface area (Å²) in [6.07, 6.45) is 1.79. The molecule has 0 atom stereocenters. The first-order chi connectivity index (χ1) is 12.1. The van der Waals surface area contributed by atoms with Gasteiger partial charge in [0, 0.05) is 27.8 Å². The lowest BCUT2D eigenvalue weighted by Gasteiger charge is -2.11. The summed E-state index contributed by atoms with van der Waals surface area (Å²) < 4.78 is 6.86. The summed E-state index contributed by atoms with van der Waals surface area (Å²) in [6, 6.07) is 11.5. The van der Waals surface area contributed by atoms with Crippen LogP contribution in [0.2, 0.25) is 0 Å². The van der Waals surface area contributed by atoms with Crippen LogP contribution in [0.15, 0.2) is 57.0 Å². The van der Waals surface area contributed by atoms with Gasteiger partial charge in [-0.15, -0.1) is 0 Å². The fourth-order valence-electron chi connectivity index (χ4n) is 2.85. The molecule has 7 nitrogen and oxygen atoms in total. The molecule has 7 heteroatoms. The van der Waals surface area contributed by atoms with Crippen LogP contribution in [0, 0.1) is 13.8 Å². The van der Waals surface area contributed by atoms with Crippen LogP contribution < -0.4 is 5.56 Å². The first-order valence-electron chi connectivity index (χ1n) is 7.81. The van der Waals surface area contributed by atoms with E-state index in [1.165, 1.54) is 0 Å². The van der Waals surface area contributed by atoms with Crippen LogP contribution >= 0.6 is 0 Å². The standard InChI is InChI=1S/C18H17N5O2/c1-12-17(13(2)25-21-12)16-8-15(9-20-22-19)18(24)23(11-16)10-14-6-4-3-5-7-14/h3-8,11H,9-10H2,1-2H3. The highest BCUT2D eigenvalue weighted by Crippen LogP contribution is 2.27. The highest BCUT2D eigenvalue weighted by Gasteiger charge is 2.15. The molecular formula is C18H17N5O2. The molecular weight excluding hydrogens is 318 g/mol. The van der Waals surface area contributed by atoms with Gasteiger partial charge < -0.3 is 9.09 Å². The van der Waals surface area contributed by atoms with Crippen molar-refractivity contribution >= 4 is 0 Å². The molecule has 25 heavy (non-hydrogen) atoms. The van der Waals surface area contributed by atoms with Gasteiger partial charge >= 0.3 is 0 Å². The van der Waals surface area contributed by atoms with E-state index in [2.05, 4.69) is 15.2 Å². The van der Waals surface area contributed by atoms with Crippen LogP contribution in [0.5, 0.6) is 0 Å². The van der Waals surface area contributed by atoms with E-state index in [0.717, 1.165) is 22.4 Å². The normalized spacial score (nSPS) is 10.5. The van der Waals surface area contributed by atoms with Crippen LogP contribution in [-0.2, 0) is 13.1 Å². The van der Waals surface area contributed by atoms with Crippen molar-refractivity contribution in [1.82, 2.24) is 9.72 Å². The minimum atomic E-state index is -0.174. The first-order valence-corrected chi connectivity index (χ1v) is 7.81. The molecule has 0 bridgehead atoms. The molecule has 0 saturated heterocycles. The van der Waals surface area contributed by atoms with Gasteiger partial charge in [0.1, 0.15) is 5.76 Å². The number of pyridine rings is 1. The number of azide groups is 1. The van der Waals surface area contributed by atoms with Crippen LogP contribution in [0.3, 0.4) is 0 Å². The minimum Gasteiger partial charge on any atom is -0.361 e. The zero-order chi connectivity index (χ0) is 17.8. The Kier molecular flexibility index (Phi) is 4.68. The van der Waals surface area contributed by atoms with Gasteiger partial charge in [-0.3, -0.25) is 4.79 Å². The Hall–Kier alpha value is -3.31. The van der Waals surface area contributed by atoms with Crippen molar-refractivity contribution in [1.29, 1.82) is 0 Å². The highest BCUT2D eigenvalue weighted by molar-refractivity contribution is 5.67. The van der Waals surface area contributed by atoms with Crippen molar-refractivity contribution in [3.8, 4) is 11.1 Å². The molecule has 0 N–H and O–H groups in total. The molecule has 0 aliphatic carbocycles. The van der Waals surface area contributed by atoms with Gasteiger partial charge in [0.2, 0.25) is 0 Å². The maximum absolute atomic E-state index is 12.7. The average molecular weight is 335 g/mol. The van der Waals surface area contributed by atoms with Crippen LogP contribution in [0.1, 0.15) is 22.6 Å². The third-order valence-corrected chi connectivity index (χ3v) is 3.98. The number of rotatable bonds is 5. The average Bonchev–Trinajstić information content (AvgIpc) is 2.95. The van der Waals surface area contributed by atoms with Crippen molar-refractivity contribution in [2.45, 2.75) is 26.9 Å². The third-order valence-electron chi connectivity index (χ3n) is 3.98. The van der Waals surface area contributed by atoms with E-state index in [1.807, 2.05) is 44.2 Å². The fourth-order valence-corrected chi connectivity index (χ4v) is 2.85. The van der Waals surface area contributed by atoms with E-state index in [4.69, 9.17) is 10.1 Å². The maximum Gasteiger partial charge on any atom is 0.254 e. The molecule has 1 aromatic carbocycles. The van der Waals surface area contributed by atoms with E-state index in [-0.39, 0.29) is 12.1 Å². The molecule has 0 saturated carbocycles. The Labute approximate surface area is 144 Å². The third kappa shape index (κ3) is 3.46. The minimum absolute atomic E-state index is 0.00133. The number of aryl methyl sites for hydroxylation is 2. The number of hydrogen-bond acceptors (Lipinski definition) is 4. The van der Waals surface area contributed by atoms with Crippen molar-refractivity contribution in [2.24, 2.45) is 5.11 Å². The van der Waals surface area contributed by atoms with Gasteiger partial charge in [0.15, 0.2) is 0 Å². The first kappa shape index (κ1) is 16.5. The zero-order valence-electron chi connectivity index (χ0n) is 14.0. The fraction of sp³-hybridized carbons (Fsp3) is 0.222. The summed E-state index contributed by atoms with van der Waals surface area (Å²) in [6.45, 7) is 4.11. The molecule has 0 fully saturated rings. The molecule has 0 spiro atoms. The summed E-state index contributed by atoms with van der Waals surface area (Å²) in [5.41, 5.74) is 12.3. The Balaban J connectivity index is 2.14. The molecule has 3 aromatic rings. The summed E-state index contributed by atoms with van der Waals surface area (Å²) in [4.78, 5) is 15.5. The lowest BCUT2D eigenvalue weighted by molar-refractivity contribution is 0.393. The lowest BCUT2D eigenvalue weighted by atomic mass is 10.0. The Morgan fingerprint density at radius 2 is 2.04 bits per heavy atom. The Bertz CT molecular complexity index is 979. The van der Waals surface area contributed by atoms with Crippen LogP contribution in [0.4, 0.5) is 0 Å². The molecule has 0 unspecified atom stereocenters. The van der Waals surface area contributed by atoms with Crippen LogP contribution in [0.25, 0.3) is 21.6 Å². The van der Waals surface area contributed by atoms with Crippen molar-refractivity contribution in [2.75, 3.05) is 0 Å². The zero-order valence-corrected chi connectivity index (χ0v) is 14.0. The molecule has 0 aliphatic heterocycles. The predicted molar refractivity (Wildman–Crippen MR) is 94.1 cm³/mol. The molecule has 0 amide bonds. The quantitative estimate of drug-likeness (QED) is 0.401. The Morgan fingerprint density at radius 1 is 1.28 bits per heavy atom. The number of hydrogen-bond donors (Lipinski definition) is 0. The lowest BCUT2D eigenvalue weighted by Crippen LogP contribution is -2.24. The second-order valence-electron chi connectivity index (χ2n) is 5.76. The van der Waals surface area contributed by atoms with E-state index in [0.29, 0.717) is 17.9 Å². The van der Waals surface area contributed by atoms with Gasteiger partial charge in [0.05, 0.1) is 18.8 Å². The van der Waals surface area contributed by atoms with Crippen molar-refractivity contribution < 1.29 is 4.52 Å². The van der Waals surface area contributed by atoms with E-state index in [9.17, 15) is 4.79 Å². The Morgan fingerprint density at radius 3 is 2.68 bits per heavy atom. The molecule has 0 aliphatic rings. The maximum atomic E-state index is 12.7. The number of nitrogens with zero attached hydrogens (tertiary/aromatic N) is 5. The molecule has 126 valence electrons. The van der Waals surface area contributed by atoms with Gasteiger partial charge in [-0.05, 0) is 31.0 Å². The van der Waals surface area contributed by atoms with E-state index < -0.39 is 0 Å². The number of benzene rings is 1. The topological polar surface area (TPSA) is 96.8 Å². The van der Waals surface area contributed by atoms with Crippen molar-refractivity contribution in [3.05, 3.63) is 86.0 Å². The van der Waals surface area contributed by atoms with E-state index >= 15 is 0 Å². The SMILES string of the molecule is Cc1noc(C)c1-c1cc(CN=[N+]=[N-])c(=O)n(Cc2ccccc2)c1. The monoisotopic (exact) mass is 335 g/mol. The van der Waals surface area contributed by atoms with Gasteiger partial charge in [-0.25, -0.2) is 0 Å². The summed E-state index contributed by atoms with van der Waals surface area (Å²) in [5, 5.41) is 7.52. The van der Waals surface area contributed by atoms with Gasteiger partial charge in [0.25, 0.3) is 5.56 Å². The highest BCUT2D eigenvalue weighted by atomic mass is 16.5. The molecule has 3 rings (SSSR count). The summed E-state index contributed by atoms with van der Waals surface area (Å²) in [7, 11) is 0. The molecule has 2 aromatic heterocycles. The second kappa shape index (κ2) is 7.07. The number of aromatic nitrogens is 2. The largest absolute Gasteiger partial charge is 0.361 e. The van der Waals surface area contributed by atoms with Gasteiger partial charge in [-0.1, -0.05) is 40.6 Å². The smallest absolute Gasteiger partial charge is 0.254 e. The van der Waals surface area contributed by atoms with Gasteiger partial charge in [-0.2, -0.15) is 0 Å². The summed E-state index contributed by atoms with van der Waals surface area (Å²) in [5.74, 6) is 0.678. The predicted octanol–water partition coefficient (Wildman–Crippen LogP) is 3.98. The second-order valence-corrected chi connectivity index (χ2v) is 5.76.